The Bertz CT molecular complexity index is 872. The van der Waals surface area contributed by atoms with Gasteiger partial charge >= 0.3 is 5.97 Å². The second-order valence-corrected chi connectivity index (χ2v) is 9.21. The summed E-state index contributed by atoms with van der Waals surface area (Å²) in [5.74, 6) is -4.15. The number of hydrogen-bond donors (Lipinski definition) is 7. The molecule has 196 valence electrons. The van der Waals surface area contributed by atoms with E-state index in [1.807, 2.05) is 13.8 Å². The van der Waals surface area contributed by atoms with Gasteiger partial charge in [0.15, 0.2) is 0 Å². The van der Waals surface area contributed by atoms with Gasteiger partial charge in [-0.2, -0.15) is 0 Å². The Morgan fingerprint density at radius 3 is 2.09 bits per heavy atom. The second kappa shape index (κ2) is 14.0. The van der Waals surface area contributed by atoms with Crippen molar-refractivity contribution in [1.29, 1.82) is 0 Å². The van der Waals surface area contributed by atoms with E-state index >= 15 is 0 Å². The molecule has 0 saturated heterocycles. The average molecular weight is 496 g/mol. The van der Waals surface area contributed by atoms with Crippen LogP contribution in [0.4, 0.5) is 0 Å². The fourth-order valence-corrected chi connectivity index (χ4v) is 3.28. The third kappa shape index (κ3) is 10.5. The molecule has 1 aromatic rings. The summed E-state index contributed by atoms with van der Waals surface area (Å²) < 4.78 is 0. The van der Waals surface area contributed by atoms with Crippen molar-refractivity contribution in [1.82, 2.24) is 25.9 Å². The van der Waals surface area contributed by atoms with Crippen molar-refractivity contribution in [3.63, 3.8) is 0 Å². The van der Waals surface area contributed by atoms with E-state index in [1.54, 1.807) is 13.8 Å². The van der Waals surface area contributed by atoms with Crippen LogP contribution in [0.15, 0.2) is 12.5 Å². The van der Waals surface area contributed by atoms with E-state index < -0.39 is 59.7 Å². The summed E-state index contributed by atoms with van der Waals surface area (Å²) in [5.41, 5.74) is 11.4. The minimum absolute atomic E-state index is 0.00473. The number of carboxylic acids is 1. The van der Waals surface area contributed by atoms with E-state index in [4.69, 9.17) is 11.5 Å². The summed E-state index contributed by atoms with van der Waals surface area (Å²) in [7, 11) is 0. The van der Waals surface area contributed by atoms with Gasteiger partial charge in [0.2, 0.25) is 23.6 Å². The highest BCUT2D eigenvalue weighted by molar-refractivity contribution is 5.94. The van der Waals surface area contributed by atoms with Crippen molar-refractivity contribution >= 4 is 29.6 Å². The van der Waals surface area contributed by atoms with Gasteiger partial charge in [0.05, 0.1) is 12.4 Å². The van der Waals surface area contributed by atoms with Gasteiger partial charge < -0.3 is 37.5 Å². The number of primary amides is 1. The highest BCUT2D eigenvalue weighted by Crippen LogP contribution is 2.09. The molecule has 9 N–H and O–H groups in total. The zero-order chi connectivity index (χ0) is 26.7. The van der Waals surface area contributed by atoms with Gasteiger partial charge in [0, 0.05) is 24.7 Å². The zero-order valence-electron chi connectivity index (χ0n) is 20.5. The van der Waals surface area contributed by atoms with E-state index in [0.29, 0.717) is 5.69 Å². The molecule has 0 aliphatic carbocycles. The largest absolute Gasteiger partial charge is 0.480 e. The number of nitrogens with zero attached hydrogens (tertiary/aromatic N) is 1. The number of carbonyl (C=O) groups excluding carboxylic acids is 4. The number of nitrogens with two attached hydrogens (primary N) is 2. The quantitative estimate of drug-likeness (QED) is 0.156. The van der Waals surface area contributed by atoms with E-state index in [9.17, 15) is 29.1 Å². The molecule has 4 unspecified atom stereocenters. The van der Waals surface area contributed by atoms with Crippen LogP contribution in [-0.2, 0) is 30.4 Å². The number of aromatic nitrogens is 2. The predicted octanol–water partition coefficient (Wildman–Crippen LogP) is -1.21. The molecule has 0 aliphatic heterocycles. The van der Waals surface area contributed by atoms with E-state index in [0.717, 1.165) is 0 Å². The van der Waals surface area contributed by atoms with Gasteiger partial charge in [-0.15, -0.1) is 0 Å². The van der Waals surface area contributed by atoms with Crippen molar-refractivity contribution in [2.75, 3.05) is 0 Å². The van der Waals surface area contributed by atoms with Crippen molar-refractivity contribution < 1.29 is 29.1 Å². The number of H-pyrrole nitrogens is 1. The van der Waals surface area contributed by atoms with Crippen LogP contribution in [0.3, 0.4) is 0 Å². The van der Waals surface area contributed by atoms with Crippen LogP contribution in [0.5, 0.6) is 0 Å². The summed E-state index contributed by atoms with van der Waals surface area (Å²) in [4.78, 5) is 67.9. The van der Waals surface area contributed by atoms with Crippen LogP contribution < -0.4 is 27.4 Å². The fraction of sp³-hybridized carbons (Fsp3) is 0.636. The lowest BCUT2D eigenvalue weighted by Crippen LogP contribution is -2.58. The summed E-state index contributed by atoms with van der Waals surface area (Å²) in [6.45, 7) is 7.01. The molecule has 4 atom stereocenters. The number of aromatic amines is 1. The van der Waals surface area contributed by atoms with Crippen LogP contribution in [-0.4, -0.2) is 68.8 Å². The minimum atomic E-state index is -1.20. The average Bonchev–Trinajstić information content (AvgIpc) is 3.26. The van der Waals surface area contributed by atoms with Crippen molar-refractivity contribution in [3.8, 4) is 0 Å². The number of amides is 4. The van der Waals surface area contributed by atoms with Gasteiger partial charge in [-0.3, -0.25) is 19.2 Å². The monoisotopic (exact) mass is 495 g/mol. The molecule has 0 saturated carbocycles. The summed E-state index contributed by atoms with van der Waals surface area (Å²) in [6.07, 6.45) is 3.10. The van der Waals surface area contributed by atoms with Crippen LogP contribution in [0, 0.1) is 11.8 Å². The maximum atomic E-state index is 13.1. The zero-order valence-corrected chi connectivity index (χ0v) is 20.5. The Morgan fingerprint density at radius 1 is 1.00 bits per heavy atom. The molecule has 0 aliphatic rings. The lowest BCUT2D eigenvalue weighted by atomic mass is 10.0. The molecule has 0 fully saturated rings. The number of aliphatic carboxylic acids is 1. The van der Waals surface area contributed by atoms with Crippen LogP contribution in [0.25, 0.3) is 0 Å². The first-order valence-electron chi connectivity index (χ1n) is 11.5. The van der Waals surface area contributed by atoms with Crippen LogP contribution in [0.1, 0.15) is 52.7 Å². The Kier molecular flexibility index (Phi) is 11.9. The molecule has 35 heavy (non-hydrogen) atoms. The number of carbonyl (C=O) groups is 5. The molecule has 0 radical (unpaired) electrons. The summed E-state index contributed by atoms with van der Waals surface area (Å²) in [6, 6.07) is -4.35. The molecule has 1 aromatic heterocycles. The molecule has 13 nitrogen and oxygen atoms in total. The van der Waals surface area contributed by atoms with Gasteiger partial charge in [0.25, 0.3) is 0 Å². The number of carboxylic acid groups (broad SMARTS) is 1. The van der Waals surface area contributed by atoms with Gasteiger partial charge in [-0.1, -0.05) is 27.7 Å². The number of imidazole rings is 1. The third-order valence-corrected chi connectivity index (χ3v) is 5.22. The van der Waals surface area contributed by atoms with Crippen molar-refractivity contribution in [2.24, 2.45) is 23.3 Å². The van der Waals surface area contributed by atoms with Crippen molar-refractivity contribution in [2.45, 2.75) is 77.5 Å². The Labute approximate surface area is 204 Å². The first-order valence-corrected chi connectivity index (χ1v) is 11.5. The van der Waals surface area contributed by atoms with E-state index in [-0.39, 0.29) is 31.6 Å². The fourth-order valence-electron chi connectivity index (χ4n) is 3.28. The smallest absolute Gasteiger partial charge is 0.326 e. The third-order valence-electron chi connectivity index (χ3n) is 5.22. The summed E-state index contributed by atoms with van der Waals surface area (Å²) >= 11 is 0. The van der Waals surface area contributed by atoms with Gasteiger partial charge in [-0.05, 0) is 24.7 Å². The lowest BCUT2D eigenvalue weighted by Gasteiger charge is -2.26. The molecular weight excluding hydrogens is 458 g/mol. The molecule has 13 heteroatoms. The van der Waals surface area contributed by atoms with Crippen molar-refractivity contribution in [3.05, 3.63) is 18.2 Å². The molecule has 0 spiro atoms. The Balaban J connectivity index is 3.04. The highest BCUT2D eigenvalue weighted by atomic mass is 16.4. The topological polar surface area (TPSA) is 222 Å². The molecular formula is C22H37N7O6. The maximum absolute atomic E-state index is 13.1. The minimum Gasteiger partial charge on any atom is -0.480 e. The molecule has 4 amide bonds. The van der Waals surface area contributed by atoms with E-state index in [2.05, 4.69) is 25.9 Å². The predicted molar refractivity (Wildman–Crippen MR) is 126 cm³/mol. The standard InChI is InChI=1S/C22H37N7O6/c1-11(2)7-15(27-19(31)14(23)5-6-17(24)30)20(32)28-16(8-13-9-25-10-26-13)21(33)29-18(12(3)4)22(34)35/h9-12,14-16,18H,5-8,23H2,1-4H3,(H2,24,30)(H,25,26)(H,27,31)(H,28,32)(H,29,33)(H,34,35). The number of rotatable bonds is 15. The Hall–Kier alpha value is -3.48. The molecule has 0 aromatic carbocycles. The summed E-state index contributed by atoms with van der Waals surface area (Å²) in [5, 5.41) is 17.1. The van der Waals surface area contributed by atoms with Gasteiger partial charge in [-0.25, -0.2) is 9.78 Å². The Morgan fingerprint density at radius 2 is 1.60 bits per heavy atom. The van der Waals surface area contributed by atoms with Gasteiger partial charge in [0.1, 0.15) is 18.1 Å². The van der Waals surface area contributed by atoms with E-state index in [1.165, 1.54) is 12.5 Å². The number of nitrogens with one attached hydrogen (secondary N) is 4. The first kappa shape index (κ1) is 29.6. The first-order chi connectivity index (χ1) is 16.3. The van der Waals surface area contributed by atoms with Crippen LogP contribution >= 0.6 is 0 Å². The van der Waals surface area contributed by atoms with Crippen LogP contribution in [0.2, 0.25) is 0 Å². The maximum Gasteiger partial charge on any atom is 0.326 e. The number of hydrogen-bond acceptors (Lipinski definition) is 7. The lowest BCUT2D eigenvalue weighted by molar-refractivity contribution is -0.143. The second-order valence-electron chi connectivity index (χ2n) is 9.21. The normalized spacial score (nSPS) is 14.6. The highest BCUT2D eigenvalue weighted by Gasteiger charge is 2.32. The molecule has 0 bridgehead atoms. The molecule has 1 rings (SSSR count). The molecule has 1 heterocycles. The SMILES string of the molecule is CC(C)CC(NC(=O)C(N)CCC(N)=O)C(=O)NC(Cc1cnc[nH]1)C(=O)NC(C(=O)O)C(C)C.